The van der Waals surface area contributed by atoms with Gasteiger partial charge in [0.15, 0.2) is 0 Å². The molecule has 0 atom stereocenters. The molecule has 10 aromatic rings. The smallest absolute Gasteiger partial charge is 0.268 e. The van der Waals surface area contributed by atoms with Crippen LogP contribution in [0.5, 0.6) is 11.5 Å². The topological polar surface area (TPSA) is 83.4 Å². The van der Waals surface area contributed by atoms with Crippen molar-refractivity contribution >= 4 is 32.8 Å². The summed E-state index contributed by atoms with van der Waals surface area (Å²) in [7, 11) is 0. The number of para-hydroxylation sites is 3. The number of fused-ring (bicyclic) bond motifs is 4. The van der Waals surface area contributed by atoms with Crippen LogP contribution in [0.2, 0.25) is 0 Å². The molecular weight excluding hydrogens is 944 g/mol. The van der Waals surface area contributed by atoms with Crippen LogP contribution in [0.25, 0.3) is 72.3 Å². The first kappa shape index (κ1) is 29.6. The predicted molar refractivity (Wildman–Crippen MR) is 239 cm³/mol. The fraction of sp³-hybridized carbons (Fsp3) is 0.0741. The van der Waals surface area contributed by atoms with Crippen molar-refractivity contribution in [2.24, 2.45) is 0 Å². The number of aromatic nitrogens is 4. The molecule has 0 aliphatic carbocycles. The summed E-state index contributed by atoms with van der Waals surface area (Å²) in [6.45, 7) is 6.36. The summed E-state index contributed by atoms with van der Waals surface area (Å²) in [5.41, 5.74) is 4.08. The van der Waals surface area contributed by atoms with Gasteiger partial charge >= 0.3 is 0 Å². The SMILES string of the molecule is [2H]c1c([2H])c([2H])c(-c2cccc(-c3c([2H])c([2H])c([2H])c([2H])c3[2H])c2-[n+]2[c-]n(-c3[c-]c(Oc4[c-]c5c(cc4)c4cc(C#N)ccc4n5-c4cc(C(C)(C)C)ccn4)cc(C#N)c3)c3ccccc32)c([2H])c1[2H].[Pt]. The molecule has 0 unspecified atom stereocenters. The number of benzene rings is 7. The van der Waals surface area contributed by atoms with Gasteiger partial charge in [0.2, 0.25) is 0 Å². The van der Waals surface area contributed by atoms with Gasteiger partial charge < -0.3 is 13.9 Å². The van der Waals surface area contributed by atoms with Crippen LogP contribution in [0.4, 0.5) is 0 Å². The van der Waals surface area contributed by atoms with Crippen LogP contribution >= 0.6 is 0 Å². The fourth-order valence-corrected chi connectivity index (χ4v) is 7.55. The van der Waals surface area contributed by atoms with Crippen molar-refractivity contribution < 1.29 is 44.1 Å². The molecule has 3 aromatic heterocycles. The van der Waals surface area contributed by atoms with E-state index in [9.17, 15) is 10.5 Å². The molecule has 0 radical (unpaired) electrons. The molecule has 10 rings (SSSR count). The number of pyridine rings is 1. The van der Waals surface area contributed by atoms with Gasteiger partial charge in [-0.25, -0.2) is 4.98 Å². The maximum absolute atomic E-state index is 10.4. The van der Waals surface area contributed by atoms with Crippen LogP contribution in [0.15, 0.2) is 164 Å². The Bertz CT molecular complexity index is 3870. The minimum atomic E-state index is -0.606. The van der Waals surface area contributed by atoms with Gasteiger partial charge in [0.1, 0.15) is 5.82 Å². The van der Waals surface area contributed by atoms with Crippen LogP contribution in [0.1, 0.15) is 51.2 Å². The van der Waals surface area contributed by atoms with Gasteiger partial charge in [-0.15, -0.1) is 35.7 Å². The van der Waals surface area contributed by atoms with Gasteiger partial charge in [-0.2, -0.15) is 16.6 Å². The van der Waals surface area contributed by atoms with Crippen LogP contribution in [0.3, 0.4) is 0 Å². The molecular formula is C54H36N6OPt-2. The molecule has 7 nitrogen and oxygen atoms in total. The van der Waals surface area contributed by atoms with E-state index in [1.165, 1.54) is 28.8 Å². The first-order valence-electron chi connectivity index (χ1n) is 24.2. The van der Waals surface area contributed by atoms with E-state index < -0.39 is 60.4 Å². The number of rotatable bonds is 7. The van der Waals surface area contributed by atoms with Crippen molar-refractivity contribution in [3.05, 3.63) is 199 Å². The molecule has 0 N–H and O–H groups in total. The second-order valence-electron chi connectivity index (χ2n) is 15.2. The second-order valence-corrected chi connectivity index (χ2v) is 15.2. The Morgan fingerprint density at radius 1 is 0.694 bits per heavy atom. The Labute approximate surface area is 388 Å². The third kappa shape index (κ3) is 7.13. The van der Waals surface area contributed by atoms with Gasteiger partial charge in [-0.05, 0) is 74.6 Å². The zero-order chi connectivity index (χ0) is 50.4. The van der Waals surface area contributed by atoms with Gasteiger partial charge in [0.05, 0.1) is 48.1 Å². The molecule has 3 heterocycles. The van der Waals surface area contributed by atoms with E-state index in [0.29, 0.717) is 27.9 Å². The summed E-state index contributed by atoms with van der Waals surface area (Å²) in [5.74, 6) is 1.05. The van der Waals surface area contributed by atoms with Gasteiger partial charge in [0, 0.05) is 44.3 Å². The zero-order valence-electron chi connectivity index (χ0n) is 43.2. The quantitative estimate of drug-likeness (QED) is 0.118. The molecule has 7 aromatic carbocycles. The van der Waals surface area contributed by atoms with Crippen molar-refractivity contribution in [2.75, 3.05) is 0 Å². The fourth-order valence-electron chi connectivity index (χ4n) is 7.55. The monoisotopic (exact) mass is 989 g/mol. The van der Waals surface area contributed by atoms with Gasteiger partial charge in [0.25, 0.3) is 6.33 Å². The van der Waals surface area contributed by atoms with Crippen molar-refractivity contribution in [1.29, 1.82) is 10.5 Å². The molecule has 300 valence electrons. The second kappa shape index (κ2) is 16.1. The molecule has 0 saturated carbocycles. The van der Waals surface area contributed by atoms with Crippen molar-refractivity contribution in [1.82, 2.24) is 14.1 Å². The van der Waals surface area contributed by atoms with Crippen LogP contribution < -0.4 is 9.30 Å². The van der Waals surface area contributed by atoms with E-state index in [-0.39, 0.29) is 77.2 Å². The maximum Gasteiger partial charge on any atom is 0.268 e. The third-order valence-electron chi connectivity index (χ3n) is 10.4. The summed E-state index contributed by atoms with van der Waals surface area (Å²) in [6.07, 6.45) is 5.08. The molecule has 0 aliphatic rings. The first-order chi connectivity index (χ1) is 33.9. The summed E-state index contributed by atoms with van der Waals surface area (Å²) in [5, 5.41) is 21.8. The minimum Gasteiger partial charge on any atom is -0.510 e. The maximum atomic E-state index is 10.4. The molecule has 0 saturated heterocycles. The Morgan fingerprint density at radius 3 is 2.10 bits per heavy atom. The zero-order valence-corrected chi connectivity index (χ0v) is 35.5. The summed E-state index contributed by atoms with van der Waals surface area (Å²) >= 11 is 0. The average Bonchev–Trinajstić information content (AvgIpc) is 3.91. The molecule has 62 heavy (non-hydrogen) atoms. The number of imidazole rings is 1. The standard InChI is InChI=1S/C54H36N6O.Pt/c1-54(2,3)40-25-26-57-52(30-40)60-48-24-21-36(33-55)29-47(48)46-23-22-42(32-51(46)60)61-43-28-37(34-56)27-41(31-43)58-35-59(50-20-11-10-19-49(50)58)53-44(38-13-6-4-7-14-38)17-12-18-45(53)39-15-8-5-9-16-39;/h4-30H,1-3H3;/q-2;/i4D,5D,6D,7D,8D,9D,13D,14D,15D,16D;. The molecule has 0 aliphatic heterocycles. The third-order valence-corrected chi connectivity index (χ3v) is 10.4. The number of hydrogen-bond donors (Lipinski definition) is 0. The molecule has 0 bridgehead atoms. The van der Waals surface area contributed by atoms with E-state index in [0.717, 1.165) is 21.9 Å². The average molecular weight is 990 g/mol. The normalized spacial score (nSPS) is 13.6. The molecule has 0 spiro atoms. The number of ether oxygens (including phenoxy) is 1. The van der Waals surface area contributed by atoms with E-state index in [1.807, 2.05) is 34.9 Å². The summed E-state index contributed by atoms with van der Waals surface area (Å²) in [6, 6.07) is 33.3. The number of nitrogens with zero attached hydrogens (tertiary/aromatic N) is 6. The first-order valence-corrected chi connectivity index (χ1v) is 19.2. The Morgan fingerprint density at radius 2 is 1.40 bits per heavy atom. The Hall–Kier alpha value is -7.57. The molecule has 8 heteroatoms. The van der Waals surface area contributed by atoms with Crippen molar-refractivity contribution in [3.63, 3.8) is 0 Å². The van der Waals surface area contributed by atoms with Crippen LogP contribution in [0, 0.1) is 41.1 Å². The predicted octanol–water partition coefficient (Wildman–Crippen LogP) is 12.0. The van der Waals surface area contributed by atoms with Crippen molar-refractivity contribution in [3.8, 4) is 63.1 Å². The van der Waals surface area contributed by atoms with E-state index in [4.69, 9.17) is 23.4 Å². The number of hydrogen-bond acceptors (Lipinski definition) is 4. The summed E-state index contributed by atoms with van der Waals surface area (Å²) in [4.78, 5) is 4.75. The molecule has 0 fully saturated rings. The molecule has 0 amide bonds. The minimum absolute atomic E-state index is 0. The van der Waals surface area contributed by atoms with Crippen LogP contribution in [-0.2, 0) is 26.5 Å². The van der Waals surface area contributed by atoms with Gasteiger partial charge in [-0.3, -0.25) is 4.57 Å². The van der Waals surface area contributed by atoms with E-state index >= 15 is 0 Å². The number of nitriles is 2. The Kier molecular flexibility index (Phi) is 7.70. The van der Waals surface area contributed by atoms with Gasteiger partial charge in [-0.1, -0.05) is 135 Å². The van der Waals surface area contributed by atoms with Crippen LogP contribution in [-0.4, -0.2) is 14.1 Å². The van der Waals surface area contributed by atoms with E-state index in [1.54, 1.807) is 53.2 Å². The largest absolute Gasteiger partial charge is 0.510 e. The Balaban J connectivity index is 0.00000640. The van der Waals surface area contributed by atoms with Crippen molar-refractivity contribution in [2.45, 2.75) is 26.2 Å². The van der Waals surface area contributed by atoms with E-state index in [2.05, 4.69) is 51.4 Å². The summed E-state index contributed by atoms with van der Waals surface area (Å²) < 4.78 is 98.5.